The molecule has 0 spiro atoms. The van der Waals surface area contributed by atoms with Crippen molar-refractivity contribution in [1.29, 1.82) is 0 Å². The van der Waals surface area contributed by atoms with Gasteiger partial charge in [0, 0.05) is 29.8 Å². The maximum absolute atomic E-state index is 5.78. The van der Waals surface area contributed by atoms with Crippen LogP contribution in [0.25, 0.3) is 5.69 Å². The van der Waals surface area contributed by atoms with Gasteiger partial charge in [-0.2, -0.15) is 0 Å². The van der Waals surface area contributed by atoms with Gasteiger partial charge >= 0.3 is 0 Å². The summed E-state index contributed by atoms with van der Waals surface area (Å²) >= 11 is 5.78. The molecule has 0 amide bonds. The topological polar surface area (TPSA) is 42.3 Å². The second-order valence-electron chi connectivity index (χ2n) is 8.03. The average molecular weight is 435 g/mol. The zero-order chi connectivity index (χ0) is 22.0. The lowest BCUT2D eigenvalue weighted by atomic mass is 9.96. The van der Waals surface area contributed by atoms with Gasteiger partial charge in [-0.05, 0) is 80.5 Å². The van der Waals surface area contributed by atoms with Gasteiger partial charge in [-0.25, -0.2) is 0 Å². The van der Waals surface area contributed by atoms with Gasteiger partial charge in [0.05, 0.1) is 24.9 Å². The number of ether oxygens (including phenoxy) is 1. The lowest BCUT2D eigenvalue weighted by molar-refractivity contribution is 0.312. The van der Waals surface area contributed by atoms with Crippen LogP contribution in [0.3, 0.4) is 0 Å². The molecule has 5 nitrogen and oxygen atoms in total. The summed E-state index contributed by atoms with van der Waals surface area (Å²) < 4.78 is 7.64. The van der Waals surface area contributed by atoms with E-state index in [0.717, 1.165) is 41.6 Å². The van der Waals surface area contributed by atoms with E-state index < -0.39 is 0 Å². The third-order valence-corrected chi connectivity index (χ3v) is 6.42. The Labute approximate surface area is 190 Å². The van der Waals surface area contributed by atoms with E-state index in [-0.39, 0.29) is 12.1 Å². The number of hydrogen-bond donors (Lipinski definition) is 1. The fourth-order valence-electron chi connectivity index (χ4n) is 4.53. The predicted octanol–water partition coefficient (Wildman–Crippen LogP) is 5.27. The van der Waals surface area contributed by atoms with Crippen molar-refractivity contribution in [3.63, 3.8) is 0 Å². The van der Waals surface area contributed by atoms with Crippen molar-refractivity contribution in [2.24, 2.45) is 0 Å². The van der Waals surface area contributed by atoms with Crippen LogP contribution in [0.5, 0.6) is 5.75 Å². The molecule has 1 aliphatic rings. The normalized spacial score (nSPS) is 18.3. The Hall–Kier alpha value is -2.86. The molecule has 0 radical (unpaired) electrons. The monoisotopic (exact) mass is 434 g/mol. The summed E-state index contributed by atoms with van der Waals surface area (Å²) in [6.07, 6.45) is 4.09. The summed E-state index contributed by atoms with van der Waals surface area (Å²) in [5.41, 5.74) is 5.85. The van der Waals surface area contributed by atoms with Crippen LogP contribution < -0.4 is 10.1 Å². The summed E-state index contributed by atoms with van der Waals surface area (Å²) in [6.45, 7) is 7.50. The van der Waals surface area contributed by atoms with Gasteiger partial charge in [-0.15, -0.1) is 0 Å². The number of thiocarbonyl (C=S) groups is 1. The fourth-order valence-corrected chi connectivity index (χ4v) is 4.86. The van der Waals surface area contributed by atoms with E-state index in [2.05, 4.69) is 64.8 Å². The maximum atomic E-state index is 5.78. The minimum Gasteiger partial charge on any atom is -0.497 e. The second kappa shape index (κ2) is 9.10. The van der Waals surface area contributed by atoms with Crippen LogP contribution in [0.4, 0.5) is 0 Å². The smallest absolute Gasteiger partial charge is 0.170 e. The molecule has 1 saturated heterocycles. The van der Waals surface area contributed by atoms with Gasteiger partial charge < -0.3 is 19.5 Å². The first-order chi connectivity index (χ1) is 15.0. The molecule has 0 aliphatic carbocycles. The van der Waals surface area contributed by atoms with E-state index in [4.69, 9.17) is 17.0 Å². The number of aryl methyl sites for hydroxylation is 1. The molecule has 3 heterocycles. The molecule has 2 atom stereocenters. The van der Waals surface area contributed by atoms with Crippen LogP contribution >= 0.6 is 12.2 Å². The Morgan fingerprint density at radius 2 is 1.90 bits per heavy atom. The molecule has 1 N–H and O–H groups in total. The van der Waals surface area contributed by atoms with E-state index in [9.17, 15) is 0 Å². The molecule has 162 valence electrons. The molecule has 0 unspecified atom stereocenters. The molecule has 6 heteroatoms. The summed E-state index contributed by atoms with van der Waals surface area (Å²) in [5, 5.41) is 4.37. The van der Waals surface area contributed by atoms with Crippen LogP contribution in [-0.2, 0) is 0 Å². The standard InChI is InChI=1S/C25H30N4OS/c1-5-6-15-28-24(23(27-25(28)31)22-9-7-8-14-26-22)21-16-17(2)29(18(21)3)19-10-12-20(30-4)13-11-19/h7-14,16,23-24H,5-6,15H2,1-4H3,(H,27,31)/t23-,24+/m0/s1. The molecule has 0 bridgehead atoms. The zero-order valence-electron chi connectivity index (χ0n) is 18.6. The Bertz CT molecular complexity index is 1050. The van der Waals surface area contributed by atoms with Crippen LogP contribution in [0, 0.1) is 13.8 Å². The van der Waals surface area contributed by atoms with Gasteiger partial charge in [-0.1, -0.05) is 19.4 Å². The quantitative estimate of drug-likeness (QED) is 0.513. The van der Waals surface area contributed by atoms with E-state index in [1.807, 2.05) is 30.5 Å². The third-order valence-electron chi connectivity index (χ3n) is 6.07. The minimum absolute atomic E-state index is 0.0235. The molecular weight excluding hydrogens is 404 g/mol. The molecule has 31 heavy (non-hydrogen) atoms. The lowest BCUT2D eigenvalue weighted by Crippen LogP contribution is -2.30. The van der Waals surface area contributed by atoms with E-state index in [1.54, 1.807) is 7.11 Å². The maximum Gasteiger partial charge on any atom is 0.170 e. The summed E-state index contributed by atoms with van der Waals surface area (Å²) in [7, 11) is 1.69. The Kier molecular flexibility index (Phi) is 6.28. The van der Waals surface area contributed by atoms with Crippen molar-refractivity contribution in [2.75, 3.05) is 13.7 Å². The third kappa shape index (κ3) is 4.04. The summed E-state index contributed by atoms with van der Waals surface area (Å²) in [4.78, 5) is 7.00. The number of aromatic nitrogens is 2. The molecule has 2 aromatic heterocycles. The highest BCUT2D eigenvalue weighted by atomic mass is 32.1. The van der Waals surface area contributed by atoms with E-state index in [0.29, 0.717) is 0 Å². The van der Waals surface area contributed by atoms with Crippen molar-refractivity contribution in [3.05, 3.63) is 77.4 Å². The number of nitrogens with one attached hydrogen (secondary N) is 1. The highest BCUT2D eigenvalue weighted by molar-refractivity contribution is 7.80. The van der Waals surface area contributed by atoms with Crippen molar-refractivity contribution < 1.29 is 4.74 Å². The van der Waals surface area contributed by atoms with Crippen molar-refractivity contribution in [1.82, 2.24) is 19.8 Å². The van der Waals surface area contributed by atoms with Crippen LogP contribution in [0.1, 0.15) is 54.5 Å². The Morgan fingerprint density at radius 1 is 1.13 bits per heavy atom. The molecule has 1 aromatic carbocycles. The molecule has 0 saturated carbocycles. The van der Waals surface area contributed by atoms with Crippen LogP contribution in [0.15, 0.2) is 54.7 Å². The number of rotatable bonds is 7. The molecule has 1 aliphatic heterocycles. The predicted molar refractivity (Wildman–Crippen MR) is 129 cm³/mol. The summed E-state index contributed by atoms with van der Waals surface area (Å²) in [5.74, 6) is 0.859. The number of nitrogens with zero attached hydrogens (tertiary/aromatic N) is 3. The molecule has 1 fully saturated rings. The highest BCUT2D eigenvalue weighted by Gasteiger charge is 2.41. The number of pyridine rings is 1. The lowest BCUT2D eigenvalue weighted by Gasteiger charge is -2.28. The van der Waals surface area contributed by atoms with Crippen LogP contribution in [0.2, 0.25) is 0 Å². The Balaban J connectivity index is 1.79. The van der Waals surface area contributed by atoms with E-state index in [1.165, 1.54) is 17.0 Å². The van der Waals surface area contributed by atoms with Gasteiger partial charge in [0.25, 0.3) is 0 Å². The largest absolute Gasteiger partial charge is 0.497 e. The number of hydrogen-bond acceptors (Lipinski definition) is 3. The first kappa shape index (κ1) is 21.4. The van der Waals surface area contributed by atoms with Crippen molar-refractivity contribution >= 4 is 17.3 Å². The molecule has 3 aromatic rings. The van der Waals surface area contributed by atoms with Crippen LogP contribution in [-0.4, -0.2) is 33.2 Å². The average Bonchev–Trinajstić information content (AvgIpc) is 3.27. The minimum atomic E-state index is 0.0235. The van der Waals surface area contributed by atoms with Crippen molar-refractivity contribution in [3.8, 4) is 11.4 Å². The van der Waals surface area contributed by atoms with Crippen molar-refractivity contribution in [2.45, 2.75) is 45.7 Å². The van der Waals surface area contributed by atoms with Gasteiger partial charge in [0.15, 0.2) is 5.11 Å². The number of methoxy groups -OCH3 is 1. The SMILES string of the molecule is CCCCN1C(=S)N[C@@H](c2ccccn2)[C@H]1c1cc(C)n(-c2ccc(OC)cc2)c1C. The van der Waals surface area contributed by atoms with Gasteiger partial charge in [0.1, 0.15) is 5.75 Å². The zero-order valence-corrected chi connectivity index (χ0v) is 19.4. The highest BCUT2D eigenvalue weighted by Crippen LogP contribution is 2.41. The van der Waals surface area contributed by atoms with Gasteiger partial charge in [-0.3, -0.25) is 4.98 Å². The number of unbranched alkanes of at least 4 members (excludes halogenated alkanes) is 1. The first-order valence-electron chi connectivity index (χ1n) is 10.9. The number of benzene rings is 1. The first-order valence-corrected chi connectivity index (χ1v) is 11.3. The molecule has 4 rings (SSSR count). The Morgan fingerprint density at radius 3 is 2.55 bits per heavy atom. The van der Waals surface area contributed by atoms with E-state index >= 15 is 0 Å². The fraction of sp³-hybridized carbons (Fsp3) is 0.360. The summed E-state index contributed by atoms with van der Waals surface area (Å²) in [6, 6.07) is 16.7. The second-order valence-corrected chi connectivity index (χ2v) is 8.42. The van der Waals surface area contributed by atoms with Gasteiger partial charge in [0.2, 0.25) is 0 Å². The molecular formula is C25H30N4OS.